The highest BCUT2D eigenvalue weighted by Crippen LogP contribution is 2.22. The van der Waals surface area contributed by atoms with Crippen molar-refractivity contribution < 1.29 is 9.90 Å². The quantitative estimate of drug-likeness (QED) is 0.883. The molecule has 1 aliphatic heterocycles. The number of carbonyl (C=O) groups excluding carboxylic acids is 1. The molecule has 1 aliphatic rings. The number of aromatic nitrogens is 2. The predicted octanol–water partition coefficient (Wildman–Crippen LogP) is 2.02. The number of aryl methyl sites for hydroxylation is 3. The minimum Gasteiger partial charge on any atom is -0.391 e. The van der Waals surface area contributed by atoms with Crippen molar-refractivity contribution in [2.24, 2.45) is 5.92 Å². The number of aliphatic hydroxyl groups is 1. The van der Waals surface area contributed by atoms with Crippen LogP contribution in [0.1, 0.15) is 28.9 Å². The fraction of sp³-hybridized carbons (Fsp3) is 0.474. The van der Waals surface area contributed by atoms with E-state index in [1.807, 2.05) is 13.0 Å². The number of hydrogen-bond donors (Lipinski definition) is 2. The molecule has 1 fully saturated rings. The Morgan fingerprint density at radius 1 is 1.29 bits per heavy atom. The number of amides is 1. The first kappa shape index (κ1) is 16.7. The summed E-state index contributed by atoms with van der Waals surface area (Å²) in [6, 6.07) is 10.3. The van der Waals surface area contributed by atoms with Crippen LogP contribution in [0.25, 0.3) is 0 Å². The van der Waals surface area contributed by atoms with Gasteiger partial charge in [-0.15, -0.1) is 0 Å². The summed E-state index contributed by atoms with van der Waals surface area (Å²) < 4.78 is 0. The number of β-amino-alcohol motifs (C(OH)–C–C–N with tert-alkyl or cyclic N) is 1. The Morgan fingerprint density at radius 3 is 2.71 bits per heavy atom. The Kier molecular flexibility index (Phi) is 5.00. The molecular formula is C19H25N3O2. The highest BCUT2D eigenvalue weighted by Gasteiger charge is 2.34. The van der Waals surface area contributed by atoms with Crippen molar-refractivity contribution in [3.63, 3.8) is 0 Å². The van der Waals surface area contributed by atoms with Gasteiger partial charge in [-0.25, -0.2) is 0 Å². The van der Waals surface area contributed by atoms with Gasteiger partial charge in [-0.2, -0.15) is 5.10 Å². The molecule has 128 valence electrons. The van der Waals surface area contributed by atoms with Gasteiger partial charge in [-0.1, -0.05) is 29.8 Å². The Hall–Kier alpha value is -2.14. The monoisotopic (exact) mass is 327 g/mol. The van der Waals surface area contributed by atoms with E-state index in [4.69, 9.17) is 0 Å². The van der Waals surface area contributed by atoms with Gasteiger partial charge in [0.2, 0.25) is 5.91 Å². The third kappa shape index (κ3) is 4.03. The minimum atomic E-state index is -0.467. The van der Waals surface area contributed by atoms with Gasteiger partial charge in [0.25, 0.3) is 0 Å². The lowest BCUT2D eigenvalue weighted by atomic mass is 10.0. The molecule has 1 saturated heterocycles. The number of rotatable bonds is 5. The third-order valence-electron chi connectivity index (χ3n) is 4.74. The van der Waals surface area contributed by atoms with Crippen LogP contribution in [0.2, 0.25) is 0 Å². The SMILES string of the molecule is Cc1ccc(CCC(=O)N2CC(O)C(Cc3cc(C)[nH]n3)C2)cc1. The average molecular weight is 327 g/mol. The Labute approximate surface area is 142 Å². The number of hydrogen-bond acceptors (Lipinski definition) is 3. The first-order valence-corrected chi connectivity index (χ1v) is 8.53. The molecule has 0 saturated carbocycles. The topological polar surface area (TPSA) is 69.2 Å². The van der Waals surface area contributed by atoms with Crippen molar-refractivity contribution >= 4 is 5.91 Å². The number of H-pyrrole nitrogens is 1. The second-order valence-corrected chi connectivity index (χ2v) is 6.86. The second kappa shape index (κ2) is 7.18. The van der Waals surface area contributed by atoms with Crippen LogP contribution in [0.4, 0.5) is 0 Å². The summed E-state index contributed by atoms with van der Waals surface area (Å²) in [5.74, 6) is 0.186. The molecule has 1 aromatic carbocycles. The molecule has 2 unspecified atom stereocenters. The first-order chi connectivity index (χ1) is 11.5. The maximum absolute atomic E-state index is 12.4. The number of nitrogens with one attached hydrogen (secondary N) is 1. The molecule has 1 aromatic heterocycles. The number of likely N-dealkylation sites (tertiary alicyclic amines) is 1. The van der Waals surface area contributed by atoms with Crippen molar-refractivity contribution in [3.8, 4) is 0 Å². The van der Waals surface area contributed by atoms with Crippen LogP contribution in [-0.4, -0.2) is 45.3 Å². The minimum absolute atomic E-state index is 0.0658. The molecule has 1 amide bonds. The molecule has 0 aliphatic carbocycles. The van der Waals surface area contributed by atoms with Gasteiger partial charge in [0.05, 0.1) is 11.8 Å². The average Bonchev–Trinajstić information content (AvgIpc) is 3.13. The van der Waals surface area contributed by atoms with Crippen molar-refractivity contribution in [1.29, 1.82) is 0 Å². The fourth-order valence-corrected chi connectivity index (χ4v) is 3.27. The largest absolute Gasteiger partial charge is 0.391 e. The molecule has 0 spiro atoms. The number of carbonyl (C=O) groups is 1. The number of nitrogens with zero attached hydrogens (tertiary/aromatic N) is 2. The summed E-state index contributed by atoms with van der Waals surface area (Å²) in [5.41, 5.74) is 4.37. The van der Waals surface area contributed by atoms with E-state index >= 15 is 0 Å². The highest BCUT2D eigenvalue weighted by molar-refractivity contribution is 5.76. The summed E-state index contributed by atoms with van der Waals surface area (Å²) in [6.45, 7) is 5.06. The second-order valence-electron chi connectivity index (χ2n) is 6.86. The normalized spacial score (nSPS) is 20.5. The van der Waals surface area contributed by atoms with Crippen LogP contribution in [0, 0.1) is 19.8 Å². The fourth-order valence-electron chi connectivity index (χ4n) is 3.27. The number of aliphatic hydroxyl groups excluding tert-OH is 1. The van der Waals surface area contributed by atoms with Crippen LogP contribution in [-0.2, 0) is 17.6 Å². The van der Waals surface area contributed by atoms with Crippen molar-refractivity contribution in [2.75, 3.05) is 13.1 Å². The van der Waals surface area contributed by atoms with Gasteiger partial charge >= 0.3 is 0 Å². The molecular weight excluding hydrogens is 302 g/mol. The summed E-state index contributed by atoms with van der Waals surface area (Å²) >= 11 is 0. The van der Waals surface area contributed by atoms with E-state index in [1.54, 1.807) is 4.90 Å². The van der Waals surface area contributed by atoms with Gasteiger partial charge < -0.3 is 10.0 Å². The summed E-state index contributed by atoms with van der Waals surface area (Å²) in [7, 11) is 0. The van der Waals surface area contributed by atoms with Crippen LogP contribution in [0.3, 0.4) is 0 Å². The highest BCUT2D eigenvalue weighted by atomic mass is 16.3. The van der Waals surface area contributed by atoms with E-state index < -0.39 is 6.10 Å². The Balaban J connectivity index is 1.51. The summed E-state index contributed by atoms with van der Waals surface area (Å²) in [5, 5.41) is 17.4. The molecule has 2 atom stereocenters. The molecule has 3 rings (SSSR count). The smallest absolute Gasteiger partial charge is 0.223 e. The number of benzene rings is 1. The number of aromatic amines is 1. The Morgan fingerprint density at radius 2 is 2.04 bits per heavy atom. The molecule has 24 heavy (non-hydrogen) atoms. The third-order valence-corrected chi connectivity index (χ3v) is 4.74. The predicted molar refractivity (Wildman–Crippen MR) is 92.6 cm³/mol. The first-order valence-electron chi connectivity index (χ1n) is 8.53. The zero-order valence-corrected chi connectivity index (χ0v) is 14.3. The lowest BCUT2D eigenvalue weighted by molar-refractivity contribution is -0.130. The standard InChI is InChI=1S/C19H25N3O2/c1-13-3-5-15(6-4-13)7-8-19(24)22-11-16(18(23)12-22)10-17-9-14(2)20-21-17/h3-6,9,16,18,23H,7-8,10-12H2,1-2H3,(H,20,21). The van der Waals surface area contributed by atoms with Gasteiger partial charge in [0.1, 0.15) is 0 Å². The van der Waals surface area contributed by atoms with Gasteiger partial charge in [0, 0.05) is 31.1 Å². The molecule has 5 heteroatoms. The van der Waals surface area contributed by atoms with Crippen LogP contribution >= 0.6 is 0 Å². The van der Waals surface area contributed by atoms with Crippen LogP contribution < -0.4 is 0 Å². The van der Waals surface area contributed by atoms with Crippen LogP contribution in [0.5, 0.6) is 0 Å². The van der Waals surface area contributed by atoms with Gasteiger partial charge in [-0.3, -0.25) is 9.89 Å². The lowest BCUT2D eigenvalue weighted by Crippen LogP contribution is -2.29. The van der Waals surface area contributed by atoms with E-state index in [9.17, 15) is 9.90 Å². The molecule has 0 radical (unpaired) electrons. The molecule has 0 bridgehead atoms. The van der Waals surface area contributed by atoms with Crippen LogP contribution in [0.15, 0.2) is 30.3 Å². The lowest BCUT2D eigenvalue weighted by Gasteiger charge is -2.16. The van der Waals surface area contributed by atoms with Crippen molar-refractivity contribution in [2.45, 2.75) is 39.2 Å². The van der Waals surface area contributed by atoms with Gasteiger partial charge in [0.15, 0.2) is 0 Å². The van der Waals surface area contributed by atoms with E-state index in [-0.39, 0.29) is 11.8 Å². The maximum atomic E-state index is 12.4. The summed E-state index contributed by atoms with van der Waals surface area (Å²) in [4.78, 5) is 14.2. The van der Waals surface area contributed by atoms with Crippen molar-refractivity contribution in [1.82, 2.24) is 15.1 Å². The molecule has 2 aromatic rings. The molecule has 5 nitrogen and oxygen atoms in total. The Bertz CT molecular complexity index is 693. The zero-order valence-electron chi connectivity index (χ0n) is 14.3. The van der Waals surface area contributed by atoms with E-state index in [2.05, 4.69) is 41.4 Å². The maximum Gasteiger partial charge on any atom is 0.223 e. The summed E-state index contributed by atoms with van der Waals surface area (Å²) in [6.07, 6.45) is 1.47. The van der Waals surface area contributed by atoms with Gasteiger partial charge in [-0.05, 0) is 38.3 Å². The van der Waals surface area contributed by atoms with Crippen molar-refractivity contribution in [3.05, 3.63) is 52.8 Å². The van der Waals surface area contributed by atoms with E-state index in [1.165, 1.54) is 11.1 Å². The molecule has 2 N–H and O–H groups in total. The molecule has 2 heterocycles. The zero-order chi connectivity index (χ0) is 17.1. The van der Waals surface area contributed by atoms with E-state index in [0.29, 0.717) is 25.9 Å². The van der Waals surface area contributed by atoms with E-state index in [0.717, 1.165) is 17.8 Å².